The zero-order valence-electron chi connectivity index (χ0n) is 9.08. The summed E-state index contributed by atoms with van der Waals surface area (Å²) in [5.41, 5.74) is 0. The first-order valence-corrected chi connectivity index (χ1v) is 5.86. The van der Waals surface area contributed by atoms with E-state index in [1.54, 1.807) is 6.92 Å². The molecule has 2 atom stereocenters. The largest absolute Gasteiger partial charge is 0.392 e. The van der Waals surface area contributed by atoms with Crippen LogP contribution < -0.4 is 5.32 Å². The van der Waals surface area contributed by atoms with E-state index in [2.05, 4.69) is 31.3 Å². The monoisotopic (exact) mass is 213 g/mol. The third kappa shape index (κ3) is 4.22. The Morgan fingerprint density at radius 2 is 2.14 bits per heavy atom. The molecule has 0 spiro atoms. The van der Waals surface area contributed by atoms with E-state index >= 15 is 0 Å². The van der Waals surface area contributed by atoms with E-state index in [1.165, 1.54) is 9.75 Å². The van der Waals surface area contributed by atoms with E-state index in [-0.39, 0.29) is 6.10 Å². The maximum absolute atomic E-state index is 9.11. The summed E-state index contributed by atoms with van der Waals surface area (Å²) in [4.78, 5) is 2.77. The van der Waals surface area contributed by atoms with Crippen LogP contribution in [0.4, 0.5) is 0 Å². The summed E-state index contributed by atoms with van der Waals surface area (Å²) >= 11 is 1.85. The minimum Gasteiger partial charge on any atom is -0.392 e. The molecule has 1 aromatic rings. The van der Waals surface area contributed by atoms with Crippen molar-refractivity contribution in [2.75, 3.05) is 6.54 Å². The number of aliphatic hydroxyl groups is 1. The van der Waals surface area contributed by atoms with Gasteiger partial charge >= 0.3 is 0 Å². The van der Waals surface area contributed by atoms with Gasteiger partial charge in [0.05, 0.1) is 6.10 Å². The van der Waals surface area contributed by atoms with E-state index in [4.69, 9.17) is 5.11 Å². The molecule has 0 radical (unpaired) electrons. The molecule has 0 saturated carbocycles. The Hall–Kier alpha value is -0.380. The van der Waals surface area contributed by atoms with Gasteiger partial charge in [-0.2, -0.15) is 0 Å². The first kappa shape index (κ1) is 11.7. The first-order chi connectivity index (χ1) is 6.58. The molecule has 0 aliphatic heterocycles. The fraction of sp³-hybridized carbons (Fsp3) is 0.636. The summed E-state index contributed by atoms with van der Waals surface area (Å²) < 4.78 is 0. The van der Waals surface area contributed by atoms with Gasteiger partial charge in [-0.3, -0.25) is 0 Å². The van der Waals surface area contributed by atoms with E-state index < -0.39 is 0 Å². The molecule has 0 amide bonds. The van der Waals surface area contributed by atoms with E-state index in [1.807, 2.05) is 11.3 Å². The topological polar surface area (TPSA) is 32.3 Å². The molecule has 0 fully saturated rings. The second-order valence-electron chi connectivity index (χ2n) is 3.87. The second kappa shape index (κ2) is 5.49. The van der Waals surface area contributed by atoms with Gasteiger partial charge in [0.2, 0.25) is 0 Å². The van der Waals surface area contributed by atoms with Crippen LogP contribution in [0.3, 0.4) is 0 Å². The Morgan fingerprint density at radius 1 is 1.43 bits per heavy atom. The van der Waals surface area contributed by atoms with Crippen LogP contribution in [-0.2, 0) is 6.42 Å². The molecule has 1 rings (SSSR count). The van der Waals surface area contributed by atoms with Crippen molar-refractivity contribution in [2.24, 2.45) is 0 Å². The molecule has 2 N–H and O–H groups in total. The Labute approximate surface area is 90.0 Å². The fourth-order valence-electron chi connectivity index (χ4n) is 1.34. The van der Waals surface area contributed by atoms with Crippen LogP contribution in [0.25, 0.3) is 0 Å². The molecule has 3 heteroatoms. The summed E-state index contributed by atoms with van der Waals surface area (Å²) in [7, 11) is 0. The number of hydrogen-bond donors (Lipinski definition) is 2. The van der Waals surface area contributed by atoms with Gasteiger partial charge in [-0.05, 0) is 39.3 Å². The van der Waals surface area contributed by atoms with Gasteiger partial charge < -0.3 is 10.4 Å². The van der Waals surface area contributed by atoms with Gasteiger partial charge in [-0.25, -0.2) is 0 Å². The smallest absolute Gasteiger partial charge is 0.0636 e. The van der Waals surface area contributed by atoms with Crippen molar-refractivity contribution in [1.82, 2.24) is 5.32 Å². The standard InChI is InChI=1S/C11H19NOS/c1-8(12-7-9(2)13)6-11-5-4-10(3)14-11/h4-5,8-9,12-13H,6-7H2,1-3H3/t8?,9-/m1/s1. The highest BCUT2D eigenvalue weighted by molar-refractivity contribution is 7.11. The molecule has 14 heavy (non-hydrogen) atoms. The minimum absolute atomic E-state index is 0.262. The van der Waals surface area contributed by atoms with Crippen molar-refractivity contribution < 1.29 is 5.11 Å². The Bertz CT molecular complexity index is 270. The number of aliphatic hydroxyl groups excluding tert-OH is 1. The van der Waals surface area contributed by atoms with Gasteiger partial charge in [0.1, 0.15) is 0 Å². The zero-order chi connectivity index (χ0) is 10.6. The lowest BCUT2D eigenvalue weighted by atomic mass is 10.2. The maximum atomic E-state index is 9.11. The molecule has 0 aliphatic rings. The number of thiophene rings is 1. The van der Waals surface area contributed by atoms with Crippen molar-refractivity contribution in [3.63, 3.8) is 0 Å². The number of nitrogens with one attached hydrogen (secondary N) is 1. The fourth-order valence-corrected chi connectivity index (χ4v) is 2.36. The average Bonchev–Trinajstić information content (AvgIpc) is 2.48. The molecule has 1 aromatic heterocycles. The highest BCUT2D eigenvalue weighted by Crippen LogP contribution is 2.16. The first-order valence-electron chi connectivity index (χ1n) is 5.04. The van der Waals surface area contributed by atoms with Crippen molar-refractivity contribution in [2.45, 2.75) is 39.3 Å². The van der Waals surface area contributed by atoms with Crippen LogP contribution in [-0.4, -0.2) is 23.8 Å². The number of hydrogen-bond acceptors (Lipinski definition) is 3. The van der Waals surface area contributed by atoms with E-state index in [0.717, 1.165) is 6.42 Å². The predicted octanol–water partition coefficient (Wildman–Crippen LogP) is 1.96. The molecule has 80 valence electrons. The lowest BCUT2D eigenvalue weighted by molar-refractivity contribution is 0.187. The number of aryl methyl sites for hydroxylation is 1. The van der Waals surface area contributed by atoms with Gasteiger partial charge in [0, 0.05) is 22.3 Å². The van der Waals surface area contributed by atoms with Gasteiger partial charge in [0.15, 0.2) is 0 Å². The Balaban J connectivity index is 2.30. The lowest BCUT2D eigenvalue weighted by Gasteiger charge is -2.13. The van der Waals surface area contributed by atoms with Crippen molar-refractivity contribution in [3.05, 3.63) is 21.9 Å². The van der Waals surface area contributed by atoms with Gasteiger partial charge in [-0.15, -0.1) is 11.3 Å². The summed E-state index contributed by atoms with van der Waals surface area (Å²) in [5, 5.41) is 12.4. The molecule has 1 unspecified atom stereocenters. The number of rotatable bonds is 5. The second-order valence-corrected chi connectivity index (χ2v) is 5.25. The molecule has 1 heterocycles. The SMILES string of the molecule is Cc1ccc(CC(C)NC[C@@H](C)O)s1. The molecule has 0 aliphatic carbocycles. The van der Waals surface area contributed by atoms with Crippen molar-refractivity contribution >= 4 is 11.3 Å². The van der Waals surface area contributed by atoms with E-state index in [9.17, 15) is 0 Å². The third-order valence-corrected chi connectivity index (χ3v) is 3.09. The van der Waals surface area contributed by atoms with Crippen molar-refractivity contribution in [3.8, 4) is 0 Å². The average molecular weight is 213 g/mol. The van der Waals surface area contributed by atoms with Crippen LogP contribution in [0.15, 0.2) is 12.1 Å². The van der Waals surface area contributed by atoms with E-state index in [0.29, 0.717) is 12.6 Å². The van der Waals surface area contributed by atoms with Crippen molar-refractivity contribution in [1.29, 1.82) is 0 Å². The Kier molecular flexibility index (Phi) is 4.58. The quantitative estimate of drug-likeness (QED) is 0.783. The van der Waals surface area contributed by atoms with Crippen LogP contribution in [0, 0.1) is 6.92 Å². The summed E-state index contributed by atoms with van der Waals surface area (Å²) in [6.07, 6.45) is 0.785. The maximum Gasteiger partial charge on any atom is 0.0636 e. The molecular formula is C11H19NOS. The van der Waals surface area contributed by atoms with Gasteiger partial charge in [0.25, 0.3) is 0 Å². The van der Waals surface area contributed by atoms with Crippen LogP contribution >= 0.6 is 11.3 Å². The minimum atomic E-state index is -0.262. The molecule has 0 bridgehead atoms. The predicted molar refractivity (Wildman–Crippen MR) is 61.9 cm³/mol. The highest BCUT2D eigenvalue weighted by Gasteiger charge is 2.05. The Morgan fingerprint density at radius 3 is 2.64 bits per heavy atom. The molecular weight excluding hydrogens is 194 g/mol. The highest BCUT2D eigenvalue weighted by atomic mass is 32.1. The summed E-state index contributed by atoms with van der Waals surface area (Å²) in [6, 6.07) is 4.77. The normalized spacial score (nSPS) is 15.4. The third-order valence-electron chi connectivity index (χ3n) is 2.07. The van der Waals surface area contributed by atoms with Crippen LogP contribution in [0.2, 0.25) is 0 Å². The lowest BCUT2D eigenvalue weighted by Crippen LogP contribution is -2.33. The zero-order valence-corrected chi connectivity index (χ0v) is 9.90. The molecule has 0 aromatic carbocycles. The van der Waals surface area contributed by atoms with Gasteiger partial charge in [-0.1, -0.05) is 0 Å². The summed E-state index contributed by atoms with van der Waals surface area (Å²) in [5.74, 6) is 0. The van der Waals surface area contributed by atoms with Crippen LogP contribution in [0.5, 0.6) is 0 Å². The summed E-state index contributed by atoms with van der Waals surface area (Å²) in [6.45, 7) is 6.75. The molecule has 0 saturated heterocycles. The van der Waals surface area contributed by atoms with Crippen LogP contribution in [0.1, 0.15) is 23.6 Å². The molecule has 2 nitrogen and oxygen atoms in total.